The Labute approximate surface area is 128 Å². The van der Waals surface area contributed by atoms with E-state index in [1.165, 1.54) is 18.4 Å². The number of rotatable bonds is 5. The summed E-state index contributed by atoms with van der Waals surface area (Å²) in [5.74, 6) is 0.815. The second kappa shape index (κ2) is 6.94. The van der Waals surface area contributed by atoms with Gasteiger partial charge in [-0.2, -0.15) is 0 Å². The minimum absolute atomic E-state index is 0.0296. The molecule has 0 aliphatic heterocycles. The van der Waals surface area contributed by atoms with E-state index in [1.807, 2.05) is 12.1 Å². The van der Waals surface area contributed by atoms with Crippen molar-refractivity contribution in [3.05, 3.63) is 47.1 Å². The molecular weight excluding hydrogens is 278 g/mol. The van der Waals surface area contributed by atoms with Crippen molar-refractivity contribution in [3.63, 3.8) is 0 Å². The van der Waals surface area contributed by atoms with Gasteiger partial charge in [0.05, 0.1) is 20.9 Å². The van der Waals surface area contributed by atoms with Gasteiger partial charge in [0.25, 0.3) is 5.91 Å². The van der Waals surface area contributed by atoms with Crippen molar-refractivity contribution in [1.82, 2.24) is 5.32 Å². The molecule has 1 amide bonds. The van der Waals surface area contributed by atoms with E-state index >= 15 is 0 Å². The number of carbonyl (C=O) groups is 1. The van der Waals surface area contributed by atoms with E-state index in [4.69, 9.17) is 4.42 Å². The van der Waals surface area contributed by atoms with Crippen LogP contribution in [-0.2, 0) is 11.3 Å². The molecule has 1 N–H and O–H groups in total. The van der Waals surface area contributed by atoms with Crippen molar-refractivity contribution >= 4 is 14.0 Å². The molecule has 0 radical (unpaired) electrons. The standard InChI is InChI=1S/C17H25NO2Si/c1-21(2,3)13-16(14-8-5-4-6-9-14)17(19)18-12-15-10-7-11-20-15/h7-8,10-11,13H,4-6,9,12H2,1-3H3,(H,18,19)/b16-13+. The maximum atomic E-state index is 12.6. The van der Waals surface area contributed by atoms with Gasteiger partial charge in [-0.1, -0.05) is 31.4 Å². The molecule has 4 heteroatoms. The molecule has 1 aromatic heterocycles. The van der Waals surface area contributed by atoms with Crippen LogP contribution in [0.3, 0.4) is 0 Å². The highest BCUT2D eigenvalue weighted by Crippen LogP contribution is 2.25. The molecule has 114 valence electrons. The summed E-state index contributed by atoms with van der Waals surface area (Å²) < 4.78 is 5.27. The van der Waals surface area contributed by atoms with Crippen molar-refractivity contribution in [2.75, 3.05) is 0 Å². The second-order valence-electron chi connectivity index (χ2n) is 6.66. The van der Waals surface area contributed by atoms with E-state index in [1.54, 1.807) is 6.26 Å². The fourth-order valence-electron chi connectivity index (χ4n) is 2.50. The van der Waals surface area contributed by atoms with Gasteiger partial charge in [0.15, 0.2) is 0 Å². The topological polar surface area (TPSA) is 42.2 Å². The normalized spacial score (nSPS) is 16.5. The number of furan rings is 1. The number of hydrogen-bond donors (Lipinski definition) is 1. The van der Waals surface area contributed by atoms with Crippen LogP contribution in [0.2, 0.25) is 19.6 Å². The lowest BCUT2D eigenvalue weighted by atomic mass is 9.94. The molecule has 0 saturated carbocycles. The summed E-state index contributed by atoms with van der Waals surface area (Å²) in [5.41, 5.74) is 4.34. The zero-order chi connectivity index (χ0) is 15.3. The summed E-state index contributed by atoms with van der Waals surface area (Å²) in [5, 5.41) is 2.99. The first-order valence-corrected chi connectivity index (χ1v) is 11.3. The summed E-state index contributed by atoms with van der Waals surface area (Å²) in [6.45, 7) is 7.23. The van der Waals surface area contributed by atoms with Gasteiger partial charge in [-0.05, 0) is 43.4 Å². The first-order valence-electron chi connectivity index (χ1n) is 7.68. The van der Waals surface area contributed by atoms with Crippen LogP contribution in [0, 0.1) is 0 Å². The molecule has 0 fully saturated rings. The Morgan fingerprint density at radius 2 is 2.19 bits per heavy atom. The molecule has 1 aliphatic carbocycles. The average Bonchev–Trinajstić information content (AvgIpc) is 2.95. The van der Waals surface area contributed by atoms with Crippen molar-refractivity contribution in [1.29, 1.82) is 0 Å². The Kier molecular flexibility index (Phi) is 5.23. The lowest BCUT2D eigenvalue weighted by molar-refractivity contribution is -0.117. The molecule has 0 spiro atoms. The van der Waals surface area contributed by atoms with Crippen molar-refractivity contribution in [3.8, 4) is 0 Å². The number of nitrogens with one attached hydrogen (secondary N) is 1. The summed E-state index contributed by atoms with van der Waals surface area (Å²) in [4.78, 5) is 12.6. The Bertz CT molecular complexity index is 536. The van der Waals surface area contributed by atoms with E-state index in [0.29, 0.717) is 6.54 Å². The van der Waals surface area contributed by atoms with Crippen LogP contribution >= 0.6 is 0 Å². The zero-order valence-corrected chi connectivity index (χ0v) is 14.2. The summed E-state index contributed by atoms with van der Waals surface area (Å²) >= 11 is 0. The lowest BCUT2D eigenvalue weighted by Gasteiger charge is -2.19. The van der Waals surface area contributed by atoms with Crippen LogP contribution in [0.1, 0.15) is 31.4 Å². The van der Waals surface area contributed by atoms with Crippen LogP contribution in [0.25, 0.3) is 0 Å². The number of amides is 1. The molecule has 0 atom stereocenters. The van der Waals surface area contributed by atoms with Gasteiger partial charge in [0, 0.05) is 5.57 Å². The van der Waals surface area contributed by atoms with E-state index in [0.717, 1.165) is 24.2 Å². The average molecular weight is 303 g/mol. The van der Waals surface area contributed by atoms with E-state index in [9.17, 15) is 4.79 Å². The first kappa shape index (κ1) is 15.8. The molecule has 0 saturated heterocycles. The van der Waals surface area contributed by atoms with Crippen molar-refractivity contribution < 1.29 is 9.21 Å². The molecule has 1 aromatic rings. The summed E-state index contributed by atoms with van der Waals surface area (Å²) in [6.07, 6.45) is 8.39. The minimum atomic E-state index is -1.45. The molecule has 3 nitrogen and oxygen atoms in total. The fourth-order valence-corrected chi connectivity index (χ4v) is 3.68. The summed E-state index contributed by atoms with van der Waals surface area (Å²) in [6, 6.07) is 3.71. The fraction of sp³-hybridized carbons (Fsp3) is 0.471. The number of hydrogen-bond acceptors (Lipinski definition) is 2. The van der Waals surface area contributed by atoms with Crippen LogP contribution in [0.15, 0.2) is 45.7 Å². The highest BCUT2D eigenvalue weighted by molar-refractivity contribution is 6.81. The minimum Gasteiger partial charge on any atom is -0.467 e. The van der Waals surface area contributed by atoms with Gasteiger partial charge in [-0.15, -0.1) is 0 Å². The van der Waals surface area contributed by atoms with Gasteiger partial charge < -0.3 is 9.73 Å². The molecule has 0 bridgehead atoms. The highest BCUT2D eigenvalue weighted by atomic mass is 28.3. The molecule has 21 heavy (non-hydrogen) atoms. The Balaban J connectivity index is 2.12. The largest absolute Gasteiger partial charge is 0.467 e. The predicted molar refractivity (Wildman–Crippen MR) is 88.5 cm³/mol. The van der Waals surface area contributed by atoms with Crippen molar-refractivity contribution in [2.45, 2.75) is 51.9 Å². The third kappa shape index (κ3) is 5.05. The van der Waals surface area contributed by atoms with Gasteiger partial charge in [-0.25, -0.2) is 0 Å². The van der Waals surface area contributed by atoms with Crippen LogP contribution in [-0.4, -0.2) is 14.0 Å². The Hall–Kier alpha value is -1.55. The monoisotopic (exact) mass is 303 g/mol. The first-order chi connectivity index (χ1) is 9.96. The smallest absolute Gasteiger partial charge is 0.251 e. The maximum absolute atomic E-state index is 12.6. The Morgan fingerprint density at radius 3 is 2.76 bits per heavy atom. The maximum Gasteiger partial charge on any atom is 0.251 e. The van der Waals surface area contributed by atoms with Gasteiger partial charge in [-0.3, -0.25) is 4.79 Å². The van der Waals surface area contributed by atoms with Gasteiger partial charge in [0.2, 0.25) is 0 Å². The van der Waals surface area contributed by atoms with E-state index < -0.39 is 8.07 Å². The van der Waals surface area contributed by atoms with Crippen LogP contribution in [0.5, 0.6) is 0 Å². The highest BCUT2D eigenvalue weighted by Gasteiger charge is 2.20. The predicted octanol–water partition coefficient (Wildman–Crippen LogP) is 4.20. The van der Waals surface area contributed by atoms with Gasteiger partial charge in [0.1, 0.15) is 5.76 Å². The van der Waals surface area contributed by atoms with Crippen molar-refractivity contribution in [2.24, 2.45) is 0 Å². The number of allylic oxidation sites excluding steroid dienone is 1. The van der Waals surface area contributed by atoms with Gasteiger partial charge >= 0.3 is 0 Å². The third-order valence-corrected chi connectivity index (χ3v) is 4.62. The second-order valence-corrected chi connectivity index (χ2v) is 11.7. The lowest BCUT2D eigenvalue weighted by Crippen LogP contribution is -2.28. The van der Waals surface area contributed by atoms with E-state index in [-0.39, 0.29) is 5.91 Å². The quantitative estimate of drug-likeness (QED) is 0.654. The Morgan fingerprint density at radius 1 is 1.38 bits per heavy atom. The number of carbonyl (C=O) groups excluding carboxylic acids is 1. The molecule has 0 aromatic carbocycles. The molecular formula is C17H25NO2Si. The SMILES string of the molecule is C[Si](C)(C)/C=C(/C(=O)NCc1ccco1)C1=CCCCC1. The summed E-state index contributed by atoms with van der Waals surface area (Å²) in [7, 11) is -1.45. The molecule has 1 heterocycles. The van der Waals surface area contributed by atoms with E-state index in [2.05, 4.69) is 36.7 Å². The zero-order valence-electron chi connectivity index (χ0n) is 13.2. The molecule has 2 rings (SSSR count). The third-order valence-electron chi connectivity index (χ3n) is 3.46. The molecule has 0 unspecified atom stereocenters. The van der Waals surface area contributed by atoms with Crippen LogP contribution < -0.4 is 5.32 Å². The molecule has 1 aliphatic rings. The van der Waals surface area contributed by atoms with Crippen LogP contribution in [0.4, 0.5) is 0 Å².